The van der Waals surface area contributed by atoms with E-state index < -0.39 is 0 Å². The van der Waals surface area contributed by atoms with E-state index in [1.807, 2.05) is 31.2 Å². The minimum absolute atomic E-state index is 0.0277. The Hall–Kier alpha value is -1.67. The zero-order valence-electron chi connectivity index (χ0n) is 14.9. The van der Waals surface area contributed by atoms with Crippen LogP contribution in [-0.4, -0.2) is 62.2 Å². The molecule has 1 unspecified atom stereocenters. The minimum atomic E-state index is -0.0277. The van der Waals surface area contributed by atoms with Gasteiger partial charge < -0.3 is 10.0 Å². The molecule has 1 fully saturated rings. The fourth-order valence-electron chi connectivity index (χ4n) is 3.54. The Morgan fingerprint density at radius 1 is 1.19 bits per heavy atom. The van der Waals surface area contributed by atoms with E-state index in [1.54, 1.807) is 4.52 Å². The number of fused-ring (bicyclic) bond motifs is 1. The number of hydrogen-bond donors (Lipinski definition) is 1. The number of thiazole rings is 1. The summed E-state index contributed by atoms with van der Waals surface area (Å²) in [6.45, 7) is 9.06. The van der Waals surface area contributed by atoms with Crippen molar-refractivity contribution >= 4 is 27.9 Å². The highest BCUT2D eigenvalue weighted by Crippen LogP contribution is 2.40. The zero-order chi connectivity index (χ0) is 18.3. The number of halogens is 1. The zero-order valence-corrected chi connectivity index (χ0v) is 16.5. The second-order valence-electron chi connectivity index (χ2n) is 6.57. The van der Waals surface area contributed by atoms with E-state index in [9.17, 15) is 5.11 Å². The molecular formula is C18H22ClN5OS. The average molecular weight is 392 g/mol. The van der Waals surface area contributed by atoms with Gasteiger partial charge in [0.1, 0.15) is 5.82 Å². The standard InChI is InChI=1S/C18H22ClN5OS/c1-3-22-8-10-23(11-9-22)15(13-4-6-14(19)7-5-13)16-17(25)24-18(26-16)20-12(2)21-24/h4-7,15,25H,3,8-11H2,1-2H3. The molecule has 0 spiro atoms. The van der Waals surface area contributed by atoms with E-state index in [4.69, 9.17) is 11.6 Å². The fourth-order valence-corrected chi connectivity index (χ4v) is 4.83. The summed E-state index contributed by atoms with van der Waals surface area (Å²) < 4.78 is 1.54. The summed E-state index contributed by atoms with van der Waals surface area (Å²) in [5, 5.41) is 15.9. The highest BCUT2D eigenvalue weighted by atomic mass is 35.5. The van der Waals surface area contributed by atoms with E-state index in [2.05, 4.69) is 26.8 Å². The molecule has 1 aromatic carbocycles. The monoisotopic (exact) mass is 391 g/mol. The van der Waals surface area contributed by atoms with Crippen LogP contribution in [0, 0.1) is 6.92 Å². The first kappa shape index (κ1) is 17.7. The maximum absolute atomic E-state index is 10.8. The highest BCUT2D eigenvalue weighted by Gasteiger charge is 2.31. The summed E-state index contributed by atoms with van der Waals surface area (Å²) in [7, 11) is 0. The molecule has 1 saturated heterocycles. The van der Waals surface area contributed by atoms with Crippen LogP contribution in [0.25, 0.3) is 4.96 Å². The number of nitrogens with zero attached hydrogens (tertiary/aromatic N) is 5. The Morgan fingerprint density at radius 3 is 2.50 bits per heavy atom. The van der Waals surface area contributed by atoms with Gasteiger partial charge in [-0.1, -0.05) is 42.0 Å². The van der Waals surface area contributed by atoms with E-state index >= 15 is 0 Å². The molecule has 0 radical (unpaired) electrons. The molecule has 1 aliphatic heterocycles. The normalized spacial score (nSPS) is 17.8. The van der Waals surface area contributed by atoms with Crippen LogP contribution in [0.1, 0.15) is 29.2 Å². The Balaban J connectivity index is 1.75. The van der Waals surface area contributed by atoms with Crippen LogP contribution in [0.15, 0.2) is 24.3 Å². The topological polar surface area (TPSA) is 56.9 Å². The Bertz CT molecular complexity index is 898. The van der Waals surface area contributed by atoms with Gasteiger partial charge in [-0.2, -0.15) is 4.52 Å². The summed E-state index contributed by atoms with van der Waals surface area (Å²) >= 11 is 7.59. The van der Waals surface area contributed by atoms with E-state index in [0.29, 0.717) is 10.8 Å². The fraction of sp³-hybridized carbons (Fsp3) is 0.444. The summed E-state index contributed by atoms with van der Waals surface area (Å²) in [6.07, 6.45) is 0. The number of likely N-dealkylation sites (N-methyl/N-ethyl adjacent to an activating group) is 1. The molecule has 1 atom stereocenters. The van der Waals surface area contributed by atoms with Crippen LogP contribution < -0.4 is 0 Å². The number of aromatic hydroxyl groups is 1. The quantitative estimate of drug-likeness (QED) is 0.740. The van der Waals surface area contributed by atoms with Gasteiger partial charge in [0.25, 0.3) is 0 Å². The van der Waals surface area contributed by atoms with E-state index in [1.165, 1.54) is 11.3 Å². The van der Waals surface area contributed by atoms with Crippen LogP contribution in [0.3, 0.4) is 0 Å². The molecule has 1 N–H and O–H groups in total. The first-order chi connectivity index (χ1) is 12.6. The molecule has 4 rings (SSSR count). The first-order valence-corrected chi connectivity index (χ1v) is 10.0. The van der Waals surface area contributed by atoms with Gasteiger partial charge in [-0.05, 0) is 31.2 Å². The van der Waals surface area contributed by atoms with Gasteiger partial charge in [0.2, 0.25) is 10.8 Å². The second-order valence-corrected chi connectivity index (χ2v) is 8.01. The summed E-state index contributed by atoms with van der Waals surface area (Å²) in [5.41, 5.74) is 1.12. The molecule has 0 amide bonds. The second kappa shape index (κ2) is 7.15. The van der Waals surface area contributed by atoms with Gasteiger partial charge in [0, 0.05) is 31.2 Å². The molecule has 0 bridgehead atoms. The number of aryl methyl sites for hydroxylation is 1. The van der Waals surface area contributed by atoms with Crippen molar-refractivity contribution in [3.8, 4) is 5.88 Å². The van der Waals surface area contributed by atoms with Crippen molar-refractivity contribution in [1.29, 1.82) is 0 Å². The van der Waals surface area contributed by atoms with Crippen LogP contribution in [0.5, 0.6) is 5.88 Å². The molecule has 8 heteroatoms. The maximum atomic E-state index is 10.8. The first-order valence-electron chi connectivity index (χ1n) is 8.83. The van der Waals surface area contributed by atoms with Crippen LogP contribution in [0.4, 0.5) is 0 Å². The van der Waals surface area contributed by atoms with Crippen molar-refractivity contribution in [3.05, 3.63) is 45.6 Å². The molecule has 26 heavy (non-hydrogen) atoms. The number of hydrogen-bond acceptors (Lipinski definition) is 6. The largest absolute Gasteiger partial charge is 0.492 e. The Morgan fingerprint density at radius 2 is 1.88 bits per heavy atom. The highest BCUT2D eigenvalue weighted by molar-refractivity contribution is 7.17. The van der Waals surface area contributed by atoms with E-state index in [-0.39, 0.29) is 11.9 Å². The third-order valence-electron chi connectivity index (χ3n) is 4.96. The Kier molecular flexibility index (Phi) is 4.88. The SMILES string of the molecule is CCN1CCN(C(c2ccc(Cl)cc2)c2sc3nc(C)nn3c2O)CC1. The lowest BCUT2D eigenvalue weighted by molar-refractivity contribution is 0.113. The molecular weight excluding hydrogens is 370 g/mol. The van der Waals surface area contributed by atoms with Gasteiger partial charge in [0.05, 0.1) is 10.9 Å². The van der Waals surface area contributed by atoms with Gasteiger partial charge in [-0.3, -0.25) is 4.90 Å². The molecule has 0 saturated carbocycles. The van der Waals surface area contributed by atoms with Crippen molar-refractivity contribution in [2.45, 2.75) is 19.9 Å². The van der Waals surface area contributed by atoms with Crippen molar-refractivity contribution in [2.24, 2.45) is 0 Å². The Labute approximate surface area is 161 Å². The number of benzene rings is 1. The van der Waals surface area contributed by atoms with Crippen molar-refractivity contribution < 1.29 is 5.11 Å². The van der Waals surface area contributed by atoms with Crippen LogP contribution in [0.2, 0.25) is 5.02 Å². The minimum Gasteiger partial charge on any atom is -0.492 e. The summed E-state index contributed by atoms with van der Waals surface area (Å²) in [4.78, 5) is 10.9. The third-order valence-corrected chi connectivity index (χ3v) is 6.28. The maximum Gasteiger partial charge on any atom is 0.230 e. The average Bonchev–Trinajstić information content (AvgIpc) is 3.15. The number of piperazine rings is 1. The van der Waals surface area contributed by atoms with Gasteiger partial charge >= 0.3 is 0 Å². The molecule has 0 aliphatic carbocycles. The van der Waals surface area contributed by atoms with Crippen molar-refractivity contribution in [1.82, 2.24) is 24.4 Å². The van der Waals surface area contributed by atoms with Gasteiger partial charge in [-0.15, -0.1) is 5.10 Å². The summed E-state index contributed by atoms with van der Waals surface area (Å²) in [6, 6.07) is 7.87. The van der Waals surface area contributed by atoms with Crippen molar-refractivity contribution in [3.63, 3.8) is 0 Å². The summed E-state index contributed by atoms with van der Waals surface area (Å²) in [5.74, 6) is 0.848. The molecule has 3 heterocycles. The lowest BCUT2D eigenvalue weighted by Crippen LogP contribution is -2.47. The molecule has 6 nitrogen and oxygen atoms in total. The van der Waals surface area contributed by atoms with Gasteiger partial charge in [0.15, 0.2) is 0 Å². The molecule has 3 aromatic rings. The molecule has 1 aliphatic rings. The lowest BCUT2D eigenvalue weighted by Gasteiger charge is -2.38. The third kappa shape index (κ3) is 3.20. The molecule has 2 aromatic heterocycles. The van der Waals surface area contributed by atoms with Crippen LogP contribution in [-0.2, 0) is 0 Å². The van der Waals surface area contributed by atoms with Crippen LogP contribution >= 0.6 is 22.9 Å². The number of aromatic nitrogens is 3. The smallest absolute Gasteiger partial charge is 0.230 e. The molecule has 138 valence electrons. The number of rotatable bonds is 4. The predicted molar refractivity (Wildman–Crippen MR) is 104 cm³/mol. The lowest BCUT2D eigenvalue weighted by atomic mass is 10.0. The predicted octanol–water partition coefficient (Wildman–Crippen LogP) is 3.19. The van der Waals surface area contributed by atoms with Crippen molar-refractivity contribution in [2.75, 3.05) is 32.7 Å². The van der Waals surface area contributed by atoms with E-state index in [0.717, 1.165) is 48.1 Å². The van der Waals surface area contributed by atoms with Gasteiger partial charge in [-0.25, -0.2) is 4.98 Å².